The molecule has 0 unspecified atom stereocenters. The van der Waals surface area contributed by atoms with Crippen LogP contribution in [-0.2, 0) is 0 Å². The van der Waals surface area contributed by atoms with Crippen LogP contribution in [0, 0.1) is 17.7 Å². The number of halogens is 1. The zero-order valence-electron chi connectivity index (χ0n) is 13.0. The van der Waals surface area contributed by atoms with Crippen molar-refractivity contribution in [3.8, 4) is 5.75 Å². The summed E-state index contributed by atoms with van der Waals surface area (Å²) in [5.41, 5.74) is 7.36. The topological polar surface area (TPSA) is 59.1 Å². The van der Waals surface area contributed by atoms with E-state index >= 15 is 0 Å². The third kappa shape index (κ3) is 4.14. The molecule has 0 radical (unpaired) electrons. The molecule has 4 heteroatoms. The summed E-state index contributed by atoms with van der Waals surface area (Å²) >= 11 is 6.24. The quantitative estimate of drug-likeness (QED) is 0.599. The standard InChI is InChI=1S/C16H25ClN2O/c1-10(2)12-9-14(11(3)8-13(12)17)20-7-6-16(4,5)15(18)19/h8-10H,6-7H2,1-5H3,(H3,18,19). The van der Waals surface area contributed by atoms with Crippen LogP contribution in [0.2, 0.25) is 5.02 Å². The van der Waals surface area contributed by atoms with Crippen LogP contribution in [0.5, 0.6) is 5.75 Å². The number of hydrogen-bond donors (Lipinski definition) is 2. The van der Waals surface area contributed by atoms with E-state index < -0.39 is 0 Å². The first kappa shape index (κ1) is 16.8. The first-order valence-electron chi connectivity index (χ1n) is 6.92. The van der Waals surface area contributed by atoms with E-state index in [2.05, 4.69) is 13.8 Å². The van der Waals surface area contributed by atoms with Gasteiger partial charge in [-0.2, -0.15) is 0 Å². The molecular weight excluding hydrogens is 272 g/mol. The van der Waals surface area contributed by atoms with Gasteiger partial charge >= 0.3 is 0 Å². The third-order valence-electron chi connectivity index (χ3n) is 3.63. The maximum absolute atomic E-state index is 7.55. The van der Waals surface area contributed by atoms with Crippen molar-refractivity contribution >= 4 is 17.4 Å². The highest BCUT2D eigenvalue weighted by atomic mass is 35.5. The number of amidine groups is 1. The average molecular weight is 297 g/mol. The molecule has 0 aromatic heterocycles. The summed E-state index contributed by atoms with van der Waals surface area (Å²) in [7, 11) is 0. The fourth-order valence-electron chi connectivity index (χ4n) is 1.82. The SMILES string of the molecule is Cc1cc(Cl)c(C(C)C)cc1OCCC(C)(C)C(=N)N. The van der Waals surface area contributed by atoms with Crippen molar-refractivity contribution in [2.75, 3.05) is 6.61 Å². The number of nitrogens with two attached hydrogens (primary N) is 1. The monoisotopic (exact) mass is 296 g/mol. The van der Waals surface area contributed by atoms with Crippen molar-refractivity contribution in [3.05, 3.63) is 28.3 Å². The lowest BCUT2D eigenvalue weighted by Gasteiger charge is -2.23. The predicted octanol–water partition coefficient (Wildman–Crippen LogP) is 4.50. The van der Waals surface area contributed by atoms with Crippen LogP contribution < -0.4 is 10.5 Å². The smallest absolute Gasteiger partial charge is 0.122 e. The summed E-state index contributed by atoms with van der Waals surface area (Å²) in [6.07, 6.45) is 0.710. The van der Waals surface area contributed by atoms with E-state index in [4.69, 9.17) is 27.5 Å². The van der Waals surface area contributed by atoms with E-state index in [1.807, 2.05) is 32.9 Å². The fourth-order valence-corrected chi connectivity index (χ4v) is 2.25. The molecule has 3 nitrogen and oxygen atoms in total. The molecule has 0 aliphatic rings. The van der Waals surface area contributed by atoms with Crippen LogP contribution in [0.3, 0.4) is 0 Å². The van der Waals surface area contributed by atoms with Crippen LogP contribution in [0.1, 0.15) is 51.2 Å². The van der Waals surface area contributed by atoms with Gasteiger partial charge in [-0.1, -0.05) is 39.3 Å². The minimum atomic E-state index is -0.332. The summed E-state index contributed by atoms with van der Waals surface area (Å²) in [6, 6.07) is 3.96. The second-order valence-corrected chi connectivity index (χ2v) is 6.60. The van der Waals surface area contributed by atoms with Gasteiger partial charge in [0.05, 0.1) is 12.4 Å². The van der Waals surface area contributed by atoms with E-state index in [0.717, 1.165) is 21.9 Å². The second-order valence-electron chi connectivity index (χ2n) is 6.19. The number of aryl methyl sites for hydroxylation is 1. The number of nitrogens with one attached hydrogen (secondary N) is 1. The molecule has 0 heterocycles. The van der Waals surface area contributed by atoms with E-state index in [-0.39, 0.29) is 11.3 Å². The lowest BCUT2D eigenvalue weighted by Crippen LogP contribution is -2.32. The highest BCUT2D eigenvalue weighted by Gasteiger charge is 2.21. The van der Waals surface area contributed by atoms with Crippen LogP contribution in [0.15, 0.2) is 12.1 Å². The Morgan fingerprint density at radius 1 is 1.40 bits per heavy atom. The third-order valence-corrected chi connectivity index (χ3v) is 3.96. The summed E-state index contributed by atoms with van der Waals surface area (Å²) in [5.74, 6) is 1.41. The Balaban J connectivity index is 2.79. The molecule has 0 saturated carbocycles. The Labute approximate surface area is 127 Å². The van der Waals surface area contributed by atoms with Gasteiger partial charge in [0.2, 0.25) is 0 Å². The number of ether oxygens (including phenoxy) is 1. The fraction of sp³-hybridized carbons (Fsp3) is 0.562. The molecule has 0 aliphatic heterocycles. The van der Waals surface area contributed by atoms with Crippen molar-refractivity contribution in [1.29, 1.82) is 5.41 Å². The Kier molecular flexibility index (Phi) is 5.46. The molecule has 0 bridgehead atoms. The summed E-state index contributed by atoms with van der Waals surface area (Å²) in [6.45, 7) is 10.6. The summed E-state index contributed by atoms with van der Waals surface area (Å²) < 4.78 is 5.86. The van der Waals surface area contributed by atoms with Gasteiger partial charge in [-0.15, -0.1) is 0 Å². The van der Waals surface area contributed by atoms with E-state index in [0.29, 0.717) is 18.9 Å². The molecule has 1 aromatic carbocycles. The maximum Gasteiger partial charge on any atom is 0.122 e. The molecular formula is C16H25ClN2O. The largest absolute Gasteiger partial charge is 0.493 e. The highest BCUT2D eigenvalue weighted by molar-refractivity contribution is 6.31. The Morgan fingerprint density at radius 2 is 2.00 bits per heavy atom. The van der Waals surface area contributed by atoms with Gasteiger partial charge in [0.25, 0.3) is 0 Å². The molecule has 1 aromatic rings. The van der Waals surface area contributed by atoms with Gasteiger partial charge in [0.1, 0.15) is 5.75 Å². The highest BCUT2D eigenvalue weighted by Crippen LogP contribution is 2.32. The van der Waals surface area contributed by atoms with Crippen LogP contribution >= 0.6 is 11.6 Å². The Hall–Kier alpha value is -1.22. The predicted molar refractivity (Wildman–Crippen MR) is 86.1 cm³/mol. The molecule has 112 valence electrons. The number of benzene rings is 1. The minimum Gasteiger partial charge on any atom is -0.493 e. The Bertz CT molecular complexity index is 495. The van der Waals surface area contributed by atoms with Gasteiger partial charge in [-0.05, 0) is 42.5 Å². The summed E-state index contributed by atoms with van der Waals surface area (Å²) in [5, 5.41) is 8.33. The molecule has 0 aliphatic carbocycles. The van der Waals surface area contributed by atoms with Gasteiger partial charge in [0, 0.05) is 10.4 Å². The maximum atomic E-state index is 7.55. The van der Waals surface area contributed by atoms with Gasteiger partial charge in [-0.3, -0.25) is 5.41 Å². The van der Waals surface area contributed by atoms with Crippen molar-refractivity contribution in [1.82, 2.24) is 0 Å². The zero-order valence-corrected chi connectivity index (χ0v) is 13.8. The number of rotatable bonds is 6. The van der Waals surface area contributed by atoms with E-state index in [9.17, 15) is 0 Å². The van der Waals surface area contributed by atoms with Gasteiger partial charge in [-0.25, -0.2) is 0 Å². The minimum absolute atomic E-state index is 0.191. The van der Waals surface area contributed by atoms with Crippen molar-refractivity contribution in [2.45, 2.75) is 47.0 Å². The van der Waals surface area contributed by atoms with Crippen LogP contribution in [-0.4, -0.2) is 12.4 Å². The zero-order chi connectivity index (χ0) is 15.5. The lowest BCUT2D eigenvalue weighted by molar-refractivity contribution is 0.267. The molecule has 1 rings (SSSR count). The van der Waals surface area contributed by atoms with Crippen LogP contribution in [0.4, 0.5) is 0 Å². The molecule has 0 amide bonds. The van der Waals surface area contributed by atoms with Crippen LogP contribution in [0.25, 0.3) is 0 Å². The normalized spacial score (nSPS) is 11.8. The van der Waals surface area contributed by atoms with Gasteiger partial charge < -0.3 is 10.5 Å². The van der Waals surface area contributed by atoms with Gasteiger partial charge in [0.15, 0.2) is 0 Å². The Morgan fingerprint density at radius 3 is 2.50 bits per heavy atom. The lowest BCUT2D eigenvalue weighted by atomic mass is 9.88. The molecule has 20 heavy (non-hydrogen) atoms. The van der Waals surface area contributed by atoms with E-state index in [1.165, 1.54) is 0 Å². The molecule has 0 atom stereocenters. The first-order valence-corrected chi connectivity index (χ1v) is 7.30. The first-order chi connectivity index (χ1) is 9.15. The molecule has 0 spiro atoms. The van der Waals surface area contributed by atoms with Crippen molar-refractivity contribution in [2.24, 2.45) is 11.1 Å². The second kappa shape index (κ2) is 6.49. The average Bonchev–Trinajstić information content (AvgIpc) is 2.31. The van der Waals surface area contributed by atoms with Crippen molar-refractivity contribution in [3.63, 3.8) is 0 Å². The molecule has 3 N–H and O–H groups in total. The number of hydrogen-bond acceptors (Lipinski definition) is 2. The summed E-state index contributed by atoms with van der Waals surface area (Å²) in [4.78, 5) is 0. The molecule has 0 fully saturated rings. The molecule has 0 saturated heterocycles. The van der Waals surface area contributed by atoms with E-state index in [1.54, 1.807) is 0 Å². The van der Waals surface area contributed by atoms with Crippen molar-refractivity contribution < 1.29 is 4.74 Å².